The fraction of sp³-hybridized carbons (Fsp3) is 0.536. The van der Waals surface area contributed by atoms with Crippen molar-refractivity contribution in [2.45, 2.75) is 18.9 Å². The summed E-state index contributed by atoms with van der Waals surface area (Å²) in [5, 5.41) is 6.01. The van der Waals surface area contributed by atoms with Crippen LogP contribution in [0.5, 0.6) is 11.5 Å². The predicted molar refractivity (Wildman–Crippen MR) is 143 cm³/mol. The first-order valence-electron chi connectivity index (χ1n) is 13.2. The number of benzene rings is 2. The van der Waals surface area contributed by atoms with Crippen LogP contribution in [0.3, 0.4) is 0 Å². The number of hydrogen-bond donors (Lipinski definition) is 2. The zero-order chi connectivity index (χ0) is 24.9. The van der Waals surface area contributed by atoms with E-state index in [-0.39, 0.29) is 6.03 Å². The summed E-state index contributed by atoms with van der Waals surface area (Å²) < 4.78 is 10.7. The topological polar surface area (TPSA) is 69.3 Å². The molecule has 8 heteroatoms. The molecule has 2 bridgehead atoms. The largest absolute Gasteiger partial charge is 0.497 e. The fourth-order valence-electron chi connectivity index (χ4n) is 6.12. The molecule has 1 unspecified atom stereocenters. The SMILES string of the molecule is COc1ccc(NC(=O)NC[C@H]2C[C@@H]3CCN2C[C@@H]3CN2CCN(c3ccccc3OC)CC2)cc1. The highest BCUT2D eigenvalue weighted by molar-refractivity contribution is 5.89. The van der Waals surface area contributed by atoms with Crippen molar-refractivity contribution >= 4 is 17.4 Å². The molecule has 4 fully saturated rings. The Balaban J connectivity index is 1.06. The van der Waals surface area contributed by atoms with Gasteiger partial charge in [-0.15, -0.1) is 0 Å². The molecule has 2 amide bonds. The van der Waals surface area contributed by atoms with E-state index in [1.165, 1.54) is 25.1 Å². The number of para-hydroxylation sites is 2. The smallest absolute Gasteiger partial charge is 0.319 e. The molecule has 4 aliphatic heterocycles. The Morgan fingerprint density at radius 1 is 0.972 bits per heavy atom. The monoisotopic (exact) mass is 493 g/mol. The number of piperazine rings is 1. The molecule has 0 saturated carbocycles. The van der Waals surface area contributed by atoms with Gasteiger partial charge in [0, 0.05) is 57.5 Å². The second kappa shape index (κ2) is 11.4. The van der Waals surface area contributed by atoms with Crippen LogP contribution in [0.2, 0.25) is 0 Å². The molecule has 36 heavy (non-hydrogen) atoms. The summed E-state index contributed by atoms with van der Waals surface area (Å²) in [6, 6.07) is 16.0. The van der Waals surface area contributed by atoms with Crippen molar-refractivity contribution in [1.29, 1.82) is 0 Å². The number of urea groups is 1. The number of methoxy groups -OCH3 is 2. The minimum absolute atomic E-state index is 0.146. The van der Waals surface area contributed by atoms with Crippen LogP contribution in [0.1, 0.15) is 12.8 Å². The second-order valence-electron chi connectivity index (χ2n) is 10.2. The zero-order valence-electron chi connectivity index (χ0n) is 21.5. The summed E-state index contributed by atoms with van der Waals surface area (Å²) in [5.41, 5.74) is 1.97. The maximum absolute atomic E-state index is 12.4. The van der Waals surface area contributed by atoms with E-state index < -0.39 is 0 Å². The van der Waals surface area contributed by atoms with Crippen LogP contribution in [0, 0.1) is 11.8 Å². The van der Waals surface area contributed by atoms with Crippen LogP contribution in [0.25, 0.3) is 0 Å². The fourth-order valence-corrected chi connectivity index (χ4v) is 6.12. The van der Waals surface area contributed by atoms with Gasteiger partial charge in [-0.05, 0) is 67.6 Å². The highest BCUT2D eigenvalue weighted by Crippen LogP contribution is 2.37. The maximum atomic E-state index is 12.4. The number of piperidine rings is 3. The van der Waals surface area contributed by atoms with Crippen molar-refractivity contribution in [2.75, 3.05) is 76.8 Å². The molecule has 0 aliphatic carbocycles. The minimum Gasteiger partial charge on any atom is -0.497 e. The molecule has 4 saturated heterocycles. The molecule has 4 heterocycles. The molecule has 0 aromatic heterocycles. The van der Waals surface area contributed by atoms with Crippen molar-refractivity contribution in [3.63, 3.8) is 0 Å². The van der Waals surface area contributed by atoms with Gasteiger partial charge < -0.3 is 25.0 Å². The number of nitrogens with one attached hydrogen (secondary N) is 2. The molecule has 0 spiro atoms. The Hall–Kier alpha value is -2.97. The van der Waals surface area contributed by atoms with Gasteiger partial charge in [0.1, 0.15) is 11.5 Å². The summed E-state index contributed by atoms with van der Waals surface area (Å²) in [6.45, 7) is 8.44. The van der Waals surface area contributed by atoms with Gasteiger partial charge in [-0.1, -0.05) is 12.1 Å². The molecule has 0 radical (unpaired) electrons. The average molecular weight is 494 g/mol. The number of carbonyl (C=O) groups is 1. The van der Waals surface area contributed by atoms with Crippen LogP contribution >= 0.6 is 0 Å². The third kappa shape index (κ3) is 5.71. The summed E-state index contributed by atoms with van der Waals surface area (Å²) in [5.74, 6) is 3.21. The molecular weight excluding hydrogens is 454 g/mol. The van der Waals surface area contributed by atoms with Crippen molar-refractivity contribution in [3.05, 3.63) is 48.5 Å². The molecule has 194 valence electrons. The lowest BCUT2D eigenvalue weighted by molar-refractivity contribution is -0.0114. The van der Waals surface area contributed by atoms with E-state index in [2.05, 4.69) is 37.5 Å². The van der Waals surface area contributed by atoms with Gasteiger partial charge in [0.05, 0.1) is 19.9 Å². The van der Waals surface area contributed by atoms with Gasteiger partial charge in [-0.2, -0.15) is 0 Å². The average Bonchev–Trinajstić information content (AvgIpc) is 2.93. The van der Waals surface area contributed by atoms with E-state index in [0.717, 1.165) is 68.3 Å². The normalized spacial score (nSPS) is 25.9. The van der Waals surface area contributed by atoms with Gasteiger partial charge in [0.15, 0.2) is 0 Å². The van der Waals surface area contributed by atoms with Gasteiger partial charge in [-0.25, -0.2) is 4.79 Å². The van der Waals surface area contributed by atoms with E-state index in [9.17, 15) is 4.79 Å². The quantitative estimate of drug-likeness (QED) is 0.588. The molecule has 2 aromatic carbocycles. The molecule has 6 rings (SSSR count). The molecule has 4 atom stereocenters. The van der Waals surface area contributed by atoms with Crippen molar-refractivity contribution in [2.24, 2.45) is 11.8 Å². The maximum Gasteiger partial charge on any atom is 0.319 e. The molecule has 2 N–H and O–H groups in total. The third-order valence-corrected chi connectivity index (χ3v) is 8.15. The Labute approximate surface area is 214 Å². The van der Waals surface area contributed by atoms with E-state index in [1.807, 2.05) is 36.4 Å². The Bertz CT molecular complexity index is 1010. The first-order chi connectivity index (χ1) is 17.6. The Morgan fingerprint density at radius 3 is 2.44 bits per heavy atom. The van der Waals surface area contributed by atoms with Gasteiger partial charge in [0.2, 0.25) is 0 Å². The Kier molecular flexibility index (Phi) is 7.82. The summed E-state index contributed by atoms with van der Waals surface area (Å²) >= 11 is 0. The van der Waals surface area contributed by atoms with Crippen LogP contribution in [0.4, 0.5) is 16.2 Å². The third-order valence-electron chi connectivity index (χ3n) is 8.15. The minimum atomic E-state index is -0.146. The lowest BCUT2D eigenvalue weighted by atomic mass is 9.75. The van der Waals surface area contributed by atoms with E-state index >= 15 is 0 Å². The standard InChI is InChI=1S/C28H39N5O3/c1-35-25-9-7-23(8-10-25)30-28(34)29-18-24-17-21-11-12-33(24)20-22(21)19-31-13-15-32(16-14-31)26-5-3-4-6-27(26)36-2/h3-10,21-22,24H,11-20H2,1-2H3,(H2,29,30,34)/t21-,22-,24+/m0/s1. The number of carbonyl (C=O) groups excluding carboxylic acids is 1. The summed E-state index contributed by atoms with van der Waals surface area (Å²) in [6.07, 6.45) is 2.45. The highest BCUT2D eigenvalue weighted by Gasteiger charge is 2.40. The lowest BCUT2D eigenvalue weighted by Gasteiger charge is -2.51. The Morgan fingerprint density at radius 2 is 1.75 bits per heavy atom. The number of fused-ring (bicyclic) bond motifs is 3. The van der Waals surface area contributed by atoms with Crippen LogP contribution in [-0.2, 0) is 0 Å². The predicted octanol–water partition coefficient (Wildman–Crippen LogP) is 3.36. The number of amides is 2. The number of nitrogens with zero attached hydrogens (tertiary/aromatic N) is 3. The van der Waals surface area contributed by atoms with E-state index in [0.29, 0.717) is 12.6 Å². The first kappa shape index (κ1) is 24.7. The summed E-state index contributed by atoms with van der Waals surface area (Å²) in [4.78, 5) is 20.1. The number of ether oxygens (including phenoxy) is 2. The molecule has 4 aliphatic rings. The summed E-state index contributed by atoms with van der Waals surface area (Å²) in [7, 11) is 3.38. The van der Waals surface area contributed by atoms with Crippen LogP contribution in [-0.4, -0.2) is 88.5 Å². The highest BCUT2D eigenvalue weighted by atomic mass is 16.5. The van der Waals surface area contributed by atoms with E-state index in [4.69, 9.17) is 9.47 Å². The van der Waals surface area contributed by atoms with Crippen molar-refractivity contribution < 1.29 is 14.3 Å². The van der Waals surface area contributed by atoms with E-state index in [1.54, 1.807) is 14.2 Å². The second-order valence-corrected chi connectivity index (χ2v) is 10.2. The van der Waals surface area contributed by atoms with Gasteiger partial charge in [-0.3, -0.25) is 9.80 Å². The molecular formula is C28H39N5O3. The molecule has 2 aromatic rings. The van der Waals surface area contributed by atoms with Crippen LogP contribution < -0.4 is 25.0 Å². The molecule has 8 nitrogen and oxygen atoms in total. The number of rotatable bonds is 8. The zero-order valence-corrected chi connectivity index (χ0v) is 21.5. The van der Waals surface area contributed by atoms with Crippen LogP contribution in [0.15, 0.2) is 48.5 Å². The van der Waals surface area contributed by atoms with Crippen molar-refractivity contribution in [1.82, 2.24) is 15.1 Å². The first-order valence-corrected chi connectivity index (χ1v) is 13.2. The number of anilines is 2. The number of hydrogen-bond acceptors (Lipinski definition) is 6. The van der Waals surface area contributed by atoms with Gasteiger partial charge in [0.25, 0.3) is 0 Å². The van der Waals surface area contributed by atoms with Gasteiger partial charge >= 0.3 is 6.03 Å². The lowest BCUT2D eigenvalue weighted by Crippen LogP contribution is -2.59. The van der Waals surface area contributed by atoms with Crippen molar-refractivity contribution in [3.8, 4) is 11.5 Å².